The fourth-order valence-corrected chi connectivity index (χ4v) is 2.90. The molecule has 1 aliphatic rings. The lowest BCUT2D eigenvalue weighted by Crippen LogP contribution is -2.39. The third-order valence-corrected chi connectivity index (χ3v) is 4.29. The largest absolute Gasteiger partial charge is 0.507 e. The van der Waals surface area contributed by atoms with Crippen molar-refractivity contribution in [3.05, 3.63) is 54.2 Å². The maximum atomic E-state index is 12.1. The van der Waals surface area contributed by atoms with Gasteiger partial charge in [0.2, 0.25) is 0 Å². The van der Waals surface area contributed by atoms with E-state index in [0.717, 1.165) is 31.7 Å². The number of carbonyl (C=O) groups excluding carboxylic acids is 1. The van der Waals surface area contributed by atoms with Gasteiger partial charge < -0.3 is 15.3 Å². The van der Waals surface area contributed by atoms with Crippen LogP contribution in [-0.4, -0.2) is 35.6 Å². The van der Waals surface area contributed by atoms with Crippen LogP contribution in [0.5, 0.6) is 5.75 Å². The summed E-state index contributed by atoms with van der Waals surface area (Å²) in [7, 11) is 0. The summed E-state index contributed by atoms with van der Waals surface area (Å²) in [4.78, 5) is 18.8. The first-order chi connectivity index (χ1) is 12.2. The zero-order valence-corrected chi connectivity index (χ0v) is 15.0. The van der Waals surface area contributed by atoms with Gasteiger partial charge in [0.15, 0.2) is 0 Å². The lowest BCUT2D eigenvalue weighted by atomic mass is 9.96. The number of hydrogen-bond acceptors (Lipinski definition) is 4. The third kappa shape index (κ3) is 5.21. The van der Waals surface area contributed by atoms with Crippen molar-refractivity contribution in [2.24, 2.45) is 5.92 Å². The summed E-state index contributed by atoms with van der Waals surface area (Å²) in [5.41, 5.74) is 0.332. The number of amides is 1. The molecule has 5 heteroatoms. The van der Waals surface area contributed by atoms with E-state index in [2.05, 4.69) is 15.2 Å². The molecule has 5 nitrogen and oxygen atoms in total. The number of phenols is 1. The van der Waals surface area contributed by atoms with E-state index in [0.29, 0.717) is 18.0 Å². The number of nitrogens with one attached hydrogen (secondary N) is 1. The van der Waals surface area contributed by atoms with E-state index in [9.17, 15) is 9.90 Å². The van der Waals surface area contributed by atoms with Gasteiger partial charge in [0, 0.05) is 25.8 Å². The highest BCUT2D eigenvalue weighted by Crippen LogP contribution is 2.21. The van der Waals surface area contributed by atoms with Crippen LogP contribution in [0.3, 0.4) is 0 Å². The Labute approximate surface area is 149 Å². The molecule has 1 aliphatic heterocycles. The first-order valence-electron chi connectivity index (χ1n) is 8.96. The van der Waals surface area contributed by atoms with E-state index >= 15 is 0 Å². The van der Waals surface area contributed by atoms with Gasteiger partial charge in [-0.3, -0.25) is 4.79 Å². The average molecular weight is 341 g/mol. The monoisotopic (exact) mass is 341 g/mol. The molecule has 134 valence electrons. The molecule has 0 saturated carbocycles. The summed E-state index contributed by atoms with van der Waals surface area (Å²) in [6.07, 6.45) is 3.86. The number of anilines is 1. The molecule has 0 unspecified atom stereocenters. The van der Waals surface area contributed by atoms with Gasteiger partial charge >= 0.3 is 0 Å². The molecule has 1 aromatic carbocycles. The highest BCUT2D eigenvalue weighted by molar-refractivity contribution is 5.96. The van der Waals surface area contributed by atoms with Crippen LogP contribution in [0.25, 0.3) is 0 Å². The van der Waals surface area contributed by atoms with Crippen LogP contribution in [-0.2, 0) is 0 Å². The van der Waals surface area contributed by atoms with Gasteiger partial charge in [0.1, 0.15) is 11.6 Å². The minimum atomic E-state index is -0.213. The van der Waals surface area contributed by atoms with Gasteiger partial charge in [-0.2, -0.15) is 0 Å². The average Bonchev–Trinajstić information content (AvgIpc) is 2.69. The predicted molar refractivity (Wildman–Crippen MR) is 101 cm³/mol. The Morgan fingerprint density at radius 2 is 1.84 bits per heavy atom. The van der Waals surface area contributed by atoms with E-state index < -0.39 is 0 Å². The minimum absolute atomic E-state index is 0.0231. The fourth-order valence-electron chi connectivity index (χ4n) is 2.90. The van der Waals surface area contributed by atoms with Crippen molar-refractivity contribution >= 4 is 11.7 Å². The highest BCUT2D eigenvalue weighted by atomic mass is 16.3. The van der Waals surface area contributed by atoms with Gasteiger partial charge in [0.25, 0.3) is 5.91 Å². The van der Waals surface area contributed by atoms with Crippen molar-refractivity contribution in [2.75, 3.05) is 24.5 Å². The van der Waals surface area contributed by atoms with Gasteiger partial charge in [0.05, 0.1) is 5.56 Å². The van der Waals surface area contributed by atoms with Crippen LogP contribution in [0.1, 0.15) is 37.0 Å². The molecular formula is C20H27N3O2. The standard InChI is InChI=1S/C18H21N3O2.C2H6/c22-16-6-2-1-5-15(16)18(23)20-13-14-8-11-21(12-9-14)17-7-3-4-10-19-17;1-2/h1-7,10,14,22H,8-9,11-13H2,(H,20,23);1-2H3. The van der Waals surface area contributed by atoms with Gasteiger partial charge in [-0.25, -0.2) is 4.98 Å². The van der Waals surface area contributed by atoms with Crippen LogP contribution < -0.4 is 10.2 Å². The fraction of sp³-hybridized carbons (Fsp3) is 0.400. The van der Waals surface area contributed by atoms with Crippen LogP contribution in [0.2, 0.25) is 0 Å². The second-order valence-corrected chi connectivity index (χ2v) is 5.85. The zero-order valence-electron chi connectivity index (χ0n) is 15.0. The Morgan fingerprint density at radius 3 is 2.48 bits per heavy atom. The molecule has 0 bridgehead atoms. The topological polar surface area (TPSA) is 65.5 Å². The molecule has 1 fully saturated rings. The molecule has 1 aromatic heterocycles. The summed E-state index contributed by atoms with van der Waals surface area (Å²) in [5.74, 6) is 1.29. The quantitative estimate of drug-likeness (QED) is 0.894. The van der Waals surface area contributed by atoms with Crippen molar-refractivity contribution in [1.82, 2.24) is 10.3 Å². The first-order valence-corrected chi connectivity index (χ1v) is 8.96. The molecule has 1 amide bonds. The number of pyridine rings is 1. The van der Waals surface area contributed by atoms with Crippen molar-refractivity contribution < 1.29 is 9.90 Å². The summed E-state index contributed by atoms with van der Waals surface area (Å²) in [6, 6.07) is 12.6. The Balaban J connectivity index is 0.00000109. The molecule has 0 atom stereocenters. The van der Waals surface area contributed by atoms with Crippen molar-refractivity contribution in [1.29, 1.82) is 0 Å². The molecule has 0 radical (unpaired) electrons. The summed E-state index contributed by atoms with van der Waals surface area (Å²) in [5, 5.41) is 12.6. The van der Waals surface area contributed by atoms with Crippen molar-refractivity contribution in [3.63, 3.8) is 0 Å². The van der Waals surface area contributed by atoms with Crippen LogP contribution in [0.4, 0.5) is 5.82 Å². The number of nitrogens with zero attached hydrogens (tertiary/aromatic N) is 2. The zero-order chi connectivity index (χ0) is 18.1. The summed E-state index contributed by atoms with van der Waals surface area (Å²) < 4.78 is 0. The van der Waals surface area contributed by atoms with Crippen LogP contribution in [0.15, 0.2) is 48.7 Å². The number of phenolic OH excluding ortho intramolecular Hbond substituents is 1. The molecule has 0 aliphatic carbocycles. The Bertz CT molecular complexity index is 653. The lowest BCUT2D eigenvalue weighted by Gasteiger charge is -2.32. The molecule has 0 spiro atoms. The van der Waals surface area contributed by atoms with Gasteiger partial charge in [-0.1, -0.05) is 32.0 Å². The number of hydrogen-bond donors (Lipinski definition) is 2. The Morgan fingerprint density at radius 1 is 1.16 bits per heavy atom. The van der Waals surface area contributed by atoms with E-state index in [4.69, 9.17) is 0 Å². The molecule has 3 rings (SSSR count). The lowest BCUT2D eigenvalue weighted by molar-refractivity contribution is 0.0942. The van der Waals surface area contributed by atoms with E-state index in [1.54, 1.807) is 18.2 Å². The van der Waals surface area contributed by atoms with Crippen LogP contribution in [0, 0.1) is 5.92 Å². The molecule has 1 saturated heterocycles. The second kappa shape index (κ2) is 9.67. The van der Waals surface area contributed by atoms with Gasteiger partial charge in [-0.05, 0) is 43.0 Å². The first kappa shape index (κ1) is 18.8. The van der Waals surface area contributed by atoms with E-state index in [1.807, 2.05) is 38.2 Å². The SMILES string of the molecule is CC.O=C(NCC1CCN(c2ccccn2)CC1)c1ccccc1O. The molecule has 2 aromatic rings. The molecular weight excluding hydrogens is 314 g/mol. The Kier molecular flexibility index (Phi) is 7.26. The number of rotatable bonds is 4. The van der Waals surface area contributed by atoms with E-state index in [1.165, 1.54) is 6.07 Å². The summed E-state index contributed by atoms with van der Waals surface area (Å²) in [6.45, 7) is 6.55. The summed E-state index contributed by atoms with van der Waals surface area (Å²) >= 11 is 0. The third-order valence-electron chi connectivity index (χ3n) is 4.29. The molecule has 25 heavy (non-hydrogen) atoms. The Hall–Kier alpha value is -2.56. The second-order valence-electron chi connectivity index (χ2n) is 5.85. The molecule has 2 N–H and O–H groups in total. The maximum absolute atomic E-state index is 12.1. The number of benzene rings is 1. The smallest absolute Gasteiger partial charge is 0.255 e. The van der Waals surface area contributed by atoms with Crippen LogP contribution >= 0.6 is 0 Å². The van der Waals surface area contributed by atoms with E-state index in [-0.39, 0.29) is 11.7 Å². The number of aromatic nitrogens is 1. The number of carbonyl (C=O) groups is 1. The van der Waals surface area contributed by atoms with Crippen molar-refractivity contribution in [3.8, 4) is 5.75 Å². The number of aromatic hydroxyl groups is 1. The minimum Gasteiger partial charge on any atom is -0.507 e. The number of para-hydroxylation sites is 1. The van der Waals surface area contributed by atoms with Crippen molar-refractivity contribution in [2.45, 2.75) is 26.7 Å². The predicted octanol–water partition coefficient (Wildman–Crippen LogP) is 3.46. The highest BCUT2D eigenvalue weighted by Gasteiger charge is 2.21. The van der Waals surface area contributed by atoms with Gasteiger partial charge in [-0.15, -0.1) is 0 Å². The normalized spacial score (nSPS) is 14.4. The number of piperidine rings is 1. The maximum Gasteiger partial charge on any atom is 0.255 e. The molecule has 2 heterocycles.